The number of nitrogens with zero attached hydrogens (tertiary/aromatic N) is 3. The summed E-state index contributed by atoms with van der Waals surface area (Å²) in [7, 11) is 0. The average Bonchev–Trinajstić information content (AvgIpc) is 3.50. The van der Waals surface area contributed by atoms with Gasteiger partial charge >= 0.3 is 0 Å². The summed E-state index contributed by atoms with van der Waals surface area (Å²) in [6.45, 7) is 7.98. The summed E-state index contributed by atoms with van der Waals surface area (Å²) in [5, 5.41) is 0. The number of amides is 1. The summed E-state index contributed by atoms with van der Waals surface area (Å²) >= 11 is 0. The number of carbonyl (C=O) groups is 1. The smallest absolute Gasteiger partial charge is 0.222 e. The molecule has 3 saturated heterocycles. The molecule has 0 aromatic heterocycles. The van der Waals surface area contributed by atoms with Crippen molar-refractivity contribution in [3.63, 3.8) is 0 Å². The van der Waals surface area contributed by atoms with Gasteiger partial charge in [-0.1, -0.05) is 30.3 Å². The van der Waals surface area contributed by atoms with E-state index in [-0.39, 0.29) is 0 Å². The van der Waals surface area contributed by atoms with E-state index in [1.807, 2.05) is 0 Å². The van der Waals surface area contributed by atoms with Crippen molar-refractivity contribution >= 4 is 5.91 Å². The maximum absolute atomic E-state index is 11.9. The highest BCUT2D eigenvalue weighted by atomic mass is 16.2. The highest BCUT2D eigenvalue weighted by molar-refractivity contribution is 5.78. The van der Waals surface area contributed by atoms with E-state index in [1.165, 1.54) is 58.3 Å². The van der Waals surface area contributed by atoms with Gasteiger partial charge in [0.2, 0.25) is 5.91 Å². The molecule has 0 bridgehead atoms. The minimum atomic E-state index is 0.367. The molecule has 1 aliphatic carbocycles. The van der Waals surface area contributed by atoms with Gasteiger partial charge in [-0.05, 0) is 68.5 Å². The van der Waals surface area contributed by atoms with Crippen LogP contribution in [-0.4, -0.2) is 72.5 Å². The molecule has 0 N–H and O–H groups in total. The Hall–Kier alpha value is -1.39. The molecule has 1 spiro atoms. The second-order valence-electron chi connectivity index (χ2n) is 9.80. The Morgan fingerprint density at radius 3 is 2.46 bits per heavy atom. The van der Waals surface area contributed by atoms with Crippen molar-refractivity contribution < 1.29 is 4.79 Å². The number of likely N-dealkylation sites (tertiary alicyclic amines) is 3. The van der Waals surface area contributed by atoms with Crippen LogP contribution >= 0.6 is 0 Å². The second kappa shape index (κ2) is 7.79. The zero-order valence-electron chi connectivity index (χ0n) is 17.2. The molecular formula is C24H35N3O. The first-order valence-corrected chi connectivity index (χ1v) is 11.5. The predicted octanol–water partition coefficient (Wildman–Crippen LogP) is 3.34. The van der Waals surface area contributed by atoms with Crippen LogP contribution in [-0.2, 0) is 4.79 Å². The number of hydrogen-bond acceptors (Lipinski definition) is 3. The van der Waals surface area contributed by atoms with E-state index < -0.39 is 0 Å². The maximum Gasteiger partial charge on any atom is 0.222 e. The van der Waals surface area contributed by atoms with Crippen LogP contribution in [0, 0.1) is 5.41 Å². The van der Waals surface area contributed by atoms with Crippen molar-refractivity contribution in [2.45, 2.75) is 56.9 Å². The van der Waals surface area contributed by atoms with Crippen molar-refractivity contribution in [2.75, 3.05) is 45.8 Å². The van der Waals surface area contributed by atoms with Gasteiger partial charge in [-0.2, -0.15) is 0 Å². The molecule has 1 aromatic carbocycles. The van der Waals surface area contributed by atoms with Crippen molar-refractivity contribution in [1.29, 1.82) is 0 Å². The zero-order chi connectivity index (χ0) is 19.0. The van der Waals surface area contributed by atoms with E-state index in [1.54, 1.807) is 5.56 Å². The molecule has 5 rings (SSSR count). The zero-order valence-corrected chi connectivity index (χ0v) is 17.2. The largest absolute Gasteiger partial charge is 0.341 e. The molecule has 0 unspecified atom stereocenters. The van der Waals surface area contributed by atoms with Gasteiger partial charge in [0, 0.05) is 45.2 Å². The topological polar surface area (TPSA) is 26.8 Å². The minimum absolute atomic E-state index is 0.367. The minimum Gasteiger partial charge on any atom is -0.341 e. The summed E-state index contributed by atoms with van der Waals surface area (Å²) in [4.78, 5) is 19.4. The molecule has 1 amide bonds. The molecule has 1 saturated carbocycles. The van der Waals surface area contributed by atoms with E-state index in [0.29, 0.717) is 17.2 Å². The monoisotopic (exact) mass is 381 g/mol. The van der Waals surface area contributed by atoms with Gasteiger partial charge in [0.05, 0.1) is 0 Å². The Morgan fingerprint density at radius 2 is 1.79 bits per heavy atom. The van der Waals surface area contributed by atoms with Gasteiger partial charge in [0.15, 0.2) is 0 Å². The molecule has 4 heteroatoms. The van der Waals surface area contributed by atoms with Crippen molar-refractivity contribution in [2.24, 2.45) is 5.41 Å². The lowest BCUT2D eigenvalue weighted by molar-refractivity contribution is -0.128. The van der Waals surface area contributed by atoms with E-state index in [0.717, 1.165) is 38.5 Å². The molecule has 28 heavy (non-hydrogen) atoms. The van der Waals surface area contributed by atoms with Crippen LogP contribution in [0.25, 0.3) is 0 Å². The summed E-state index contributed by atoms with van der Waals surface area (Å²) in [5.74, 6) is 1.07. The van der Waals surface area contributed by atoms with Gasteiger partial charge in [0.25, 0.3) is 0 Å². The molecule has 0 radical (unpaired) electrons. The predicted molar refractivity (Wildman–Crippen MR) is 112 cm³/mol. The first kappa shape index (κ1) is 18.6. The van der Waals surface area contributed by atoms with Crippen molar-refractivity contribution in [3.8, 4) is 0 Å². The standard InChI is InChI=1S/C24H35N3O/c28-23-7-4-12-26(23)16-15-25-13-10-24(11-14-25)17-21(20-5-2-1-3-6-20)18-27(19-24)22-8-9-22/h1-3,5-6,21-22H,4,7-19H2/t21-/m1/s1. The van der Waals surface area contributed by atoms with Gasteiger partial charge < -0.3 is 9.80 Å². The summed E-state index contributed by atoms with van der Waals surface area (Å²) in [6, 6.07) is 12.1. The fraction of sp³-hybridized carbons (Fsp3) is 0.708. The van der Waals surface area contributed by atoms with E-state index >= 15 is 0 Å². The van der Waals surface area contributed by atoms with Gasteiger partial charge in [-0.3, -0.25) is 9.69 Å². The van der Waals surface area contributed by atoms with E-state index in [4.69, 9.17) is 0 Å². The molecule has 152 valence electrons. The molecular weight excluding hydrogens is 346 g/mol. The number of rotatable bonds is 5. The molecule has 1 aromatic rings. The lowest BCUT2D eigenvalue weighted by Crippen LogP contribution is -2.52. The lowest BCUT2D eigenvalue weighted by atomic mass is 9.68. The van der Waals surface area contributed by atoms with Crippen LogP contribution in [0.2, 0.25) is 0 Å². The molecule has 4 aliphatic rings. The van der Waals surface area contributed by atoms with Crippen LogP contribution in [0.15, 0.2) is 30.3 Å². The quantitative estimate of drug-likeness (QED) is 0.783. The number of hydrogen-bond donors (Lipinski definition) is 0. The second-order valence-corrected chi connectivity index (χ2v) is 9.80. The van der Waals surface area contributed by atoms with Crippen LogP contribution in [0.4, 0.5) is 0 Å². The van der Waals surface area contributed by atoms with E-state index in [2.05, 4.69) is 45.0 Å². The molecule has 3 aliphatic heterocycles. The summed E-state index contributed by atoms with van der Waals surface area (Å²) in [5.41, 5.74) is 2.05. The Labute approximate surface area is 169 Å². The third-order valence-electron chi connectivity index (χ3n) is 7.78. The van der Waals surface area contributed by atoms with Crippen LogP contribution in [0.5, 0.6) is 0 Å². The summed E-state index contributed by atoms with van der Waals surface area (Å²) in [6.07, 6.45) is 8.65. The van der Waals surface area contributed by atoms with Crippen LogP contribution < -0.4 is 0 Å². The average molecular weight is 382 g/mol. The molecule has 4 fully saturated rings. The fourth-order valence-corrected chi connectivity index (χ4v) is 5.91. The highest BCUT2D eigenvalue weighted by Crippen LogP contribution is 2.47. The normalized spacial score (nSPS) is 28.9. The fourth-order valence-electron chi connectivity index (χ4n) is 5.91. The van der Waals surface area contributed by atoms with Gasteiger partial charge in [0.1, 0.15) is 0 Å². The van der Waals surface area contributed by atoms with E-state index in [9.17, 15) is 4.79 Å². The van der Waals surface area contributed by atoms with Gasteiger partial charge in [-0.15, -0.1) is 0 Å². The number of piperidine rings is 2. The molecule has 4 nitrogen and oxygen atoms in total. The Kier molecular flexibility index (Phi) is 5.18. The summed E-state index contributed by atoms with van der Waals surface area (Å²) < 4.78 is 0. The first-order chi connectivity index (χ1) is 13.7. The lowest BCUT2D eigenvalue weighted by Gasteiger charge is -2.50. The third-order valence-corrected chi connectivity index (χ3v) is 7.78. The SMILES string of the molecule is O=C1CCCN1CCN1CCC2(CC1)C[C@@H](c1ccccc1)CN(C1CC1)C2. The maximum atomic E-state index is 11.9. The molecule has 3 heterocycles. The van der Waals surface area contributed by atoms with Crippen molar-refractivity contribution in [1.82, 2.24) is 14.7 Å². The van der Waals surface area contributed by atoms with Crippen molar-refractivity contribution in [3.05, 3.63) is 35.9 Å². The third kappa shape index (κ3) is 3.99. The Bertz CT molecular complexity index is 678. The molecule has 1 atom stereocenters. The number of carbonyl (C=O) groups excluding carboxylic acids is 1. The number of benzene rings is 1. The Morgan fingerprint density at radius 1 is 1.00 bits per heavy atom. The van der Waals surface area contributed by atoms with Gasteiger partial charge in [-0.25, -0.2) is 0 Å². The Balaban J connectivity index is 1.21. The first-order valence-electron chi connectivity index (χ1n) is 11.5. The van der Waals surface area contributed by atoms with Crippen LogP contribution in [0.3, 0.4) is 0 Å². The highest BCUT2D eigenvalue weighted by Gasteiger charge is 2.45. The van der Waals surface area contributed by atoms with Crippen LogP contribution in [0.1, 0.15) is 56.4 Å².